The summed E-state index contributed by atoms with van der Waals surface area (Å²) >= 11 is 0. The van der Waals surface area contributed by atoms with E-state index < -0.39 is 39.2 Å². The zero-order chi connectivity index (χ0) is 24.0. The van der Waals surface area contributed by atoms with Gasteiger partial charge in [0.25, 0.3) is 5.91 Å². The lowest BCUT2D eigenvalue weighted by Crippen LogP contribution is -2.41. The summed E-state index contributed by atoms with van der Waals surface area (Å²) in [6.45, 7) is 4.14. The first-order valence-corrected chi connectivity index (χ1v) is 12.0. The number of carbonyl (C=O) groups excluding carboxylic acids is 2. The van der Waals surface area contributed by atoms with Crippen LogP contribution in [0.4, 0.5) is 4.39 Å². The van der Waals surface area contributed by atoms with Crippen molar-refractivity contribution in [2.75, 3.05) is 32.9 Å². The lowest BCUT2D eigenvalue weighted by atomic mass is 10.2. The van der Waals surface area contributed by atoms with Crippen LogP contribution in [0.15, 0.2) is 53.4 Å². The van der Waals surface area contributed by atoms with Crippen molar-refractivity contribution in [2.24, 2.45) is 0 Å². The van der Waals surface area contributed by atoms with Gasteiger partial charge in [-0.15, -0.1) is 0 Å². The third-order valence-electron chi connectivity index (χ3n) is 5.22. The summed E-state index contributed by atoms with van der Waals surface area (Å²) in [6.07, 6.45) is 0. The van der Waals surface area contributed by atoms with E-state index in [1.807, 2.05) is 44.2 Å². The fourth-order valence-corrected chi connectivity index (χ4v) is 4.88. The van der Waals surface area contributed by atoms with Crippen molar-refractivity contribution in [1.82, 2.24) is 9.21 Å². The minimum Gasteiger partial charge on any atom is -0.452 e. The van der Waals surface area contributed by atoms with E-state index in [1.54, 1.807) is 4.90 Å². The highest BCUT2D eigenvalue weighted by Gasteiger charge is 2.30. The summed E-state index contributed by atoms with van der Waals surface area (Å²) in [4.78, 5) is 26.2. The number of rotatable bonds is 8. The van der Waals surface area contributed by atoms with E-state index in [1.165, 1.54) is 0 Å². The standard InChI is InChI=1S/C23H27FN2O6S/c1-17(2)26(15-18-6-4-3-5-7-18)22(27)16-32-23(28)19-8-9-20(24)21(14-19)33(29,30)25-10-12-31-13-11-25/h3-9,14,17H,10-13,15-16H2,1-2H3. The molecule has 0 aliphatic carbocycles. The molecule has 0 unspecified atom stereocenters. The Balaban J connectivity index is 1.69. The second kappa shape index (κ2) is 10.9. The van der Waals surface area contributed by atoms with Crippen molar-refractivity contribution in [3.63, 3.8) is 0 Å². The number of halogens is 1. The number of carbonyl (C=O) groups is 2. The molecule has 2 aromatic rings. The van der Waals surface area contributed by atoms with Crippen molar-refractivity contribution in [3.05, 3.63) is 65.5 Å². The molecule has 1 aliphatic rings. The van der Waals surface area contributed by atoms with Gasteiger partial charge in [0.1, 0.15) is 10.7 Å². The van der Waals surface area contributed by atoms with Gasteiger partial charge in [-0.1, -0.05) is 30.3 Å². The Kier molecular flexibility index (Phi) is 8.17. The number of hydrogen-bond donors (Lipinski definition) is 0. The van der Waals surface area contributed by atoms with Gasteiger partial charge in [0.2, 0.25) is 10.0 Å². The van der Waals surface area contributed by atoms with E-state index in [-0.39, 0.29) is 37.9 Å². The molecule has 0 spiro atoms. The van der Waals surface area contributed by atoms with E-state index in [0.29, 0.717) is 6.54 Å². The normalized spacial score (nSPS) is 14.8. The Labute approximate surface area is 192 Å². The Morgan fingerprint density at radius 1 is 1.12 bits per heavy atom. The largest absolute Gasteiger partial charge is 0.452 e. The molecular weight excluding hydrogens is 451 g/mol. The summed E-state index contributed by atoms with van der Waals surface area (Å²) in [5, 5.41) is 0. The zero-order valence-electron chi connectivity index (χ0n) is 18.6. The Morgan fingerprint density at radius 2 is 1.79 bits per heavy atom. The molecule has 8 nitrogen and oxygen atoms in total. The number of sulfonamides is 1. The maximum Gasteiger partial charge on any atom is 0.338 e. The van der Waals surface area contributed by atoms with Crippen molar-refractivity contribution in [3.8, 4) is 0 Å². The van der Waals surface area contributed by atoms with Crippen LogP contribution in [-0.4, -0.2) is 68.5 Å². The highest BCUT2D eigenvalue weighted by molar-refractivity contribution is 7.89. The molecule has 0 radical (unpaired) electrons. The van der Waals surface area contributed by atoms with Crippen LogP contribution in [0.25, 0.3) is 0 Å². The maximum absolute atomic E-state index is 14.3. The van der Waals surface area contributed by atoms with Gasteiger partial charge >= 0.3 is 5.97 Å². The minimum atomic E-state index is -4.14. The van der Waals surface area contributed by atoms with Crippen LogP contribution in [0.1, 0.15) is 29.8 Å². The quantitative estimate of drug-likeness (QED) is 0.541. The molecule has 0 atom stereocenters. The van der Waals surface area contributed by atoms with E-state index >= 15 is 0 Å². The number of benzene rings is 2. The molecule has 1 amide bonds. The molecule has 0 aromatic heterocycles. The van der Waals surface area contributed by atoms with Gasteiger partial charge in [0, 0.05) is 25.7 Å². The SMILES string of the molecule is CC(C)N(Cc1ccccc1)C(=O)COC(=O)c1ccc(F)c(S(=O)(=O)N2CCOCC2)c1. The van der Waals surface area contributed by atoms with Gasteiger partial charge in [-0.2, -0.15) is 4.31 Å². The third kappa shape index (κ3) is 6.16. The van der Waals surface area contributed by atoms with Gasteiger partial charge < -0.3 is 14.4 Å². The number of nitrogens with zero attached hydrogens (tertiary/aromatic N) is 2. The van der Waals surface area contributed by atoms with Gasteiger partial charge in [0.15, 0.2) is 6.61 Å². The first-order valence-electron chi connectivity index (χ1n) is 10.6. The predicted octanol–water partition coefficient (Wildman–Crippen LogP) is 2.44. The molecule has 178 valence electrons. The molecule has 10 heteroatoms. The zero-order valence-corrected chi connectivity index (χ0v) is 19.4. The summed E-state index contributed by atoms with van der Waals surface area (Å²) < 4.78 is 51.3. The van der Waals surface area contributed by atoms with Crippen LogP contribution < -0.4 is 0 Å². The molecule has 1 aliphatic heterocycles. The van der Waals surface area contributed by atoms with E-state index in [0.717, 1.165) is 28.1 Å². The van der Waals surface area contributed by atoms with Crippen LogP contribution in [-0.2, 0) is 30.8 Å². The first kappa shape index (κ1) is 24.8. The lowest BCUT2D eigenvalue weighted by Gasteiger charge is -2.27. The predicted molar refractivity (Wildman–Crippen MR) is 118 cm³/mol. The Morgan fingerprint density at radius 3 is 2.42 bits per heavy atom. The van der Waals surface area contributed by atoms with Gasteiger partial charge in [-0.05, 0) is 37.6 Å². The summed E-state index contributed by atoms with van der Waals surface area (Å²) in [5.74, 6) is -2.28. The van der Waals surface area contributed by atoms with Crippen molar-refractivity contribution >= 4 is 21.9 Å². The van der Waals surface area contributed by atoms with Crippen LogP contribution in [0.5, 0.6) is 0 Å². The summed E-state index contributed by atoms with van der Waals surface area (Å²) in [7, 11) is -4.14. The molecule has 1 fully saturated rings. The first-order chi connectivity index (χ1) is 15.7. The molecule has 0 N–H and O–H groups in total. The maximum atomic E-state index is 14.3. The van der Waals surface area contributed by atoms with Crippen molar-refractivity contribution in [1.29, 1.82) is 0 Å². The summed E-state index contributed by atoms with van der Waals surface area (Å²) in [6, 6.07) is 12.2. The number of ether oxygens (including phenoxy) is 2. The van der Waals surface area contributed by atoms with Crippen LogP contribution in [0.3, 0.4) is 0 Å². The molecule has 1 heterocycles. The van der Waals surface area contributed by atoms with E-state index in [4.69, 9.17) is 9.47 Å². The van der Waals surface area contributed by atoms with Crippen LogP contribution in [0.2, 0.25) is 0 Å². The second-order valence-electron chi connectivity index (χ2n) is 7.84. The molecule has 2 aromatic carbocycles. The minimum absolute atomic E-state index is 0.0946. The Bertz CT molecular complexity index is 1090. The van der Waals surface area contributed by atoms with E-state index in [9.17, 15) is 22.4 Å². The second-order valence-corrected chi connectivity index (χ2v) is 9.75. The molecule has 33 heavy (non-hydrogen) atoms. The molecular formula is C23H27FN2O6S. The fourth-order valence-electron chi connectivity index (χ4n) is 3.39. The number of morpholine rings is 1. The van der Waals surface area contributed by atoms with Gasteiger partial charge in [0.05, 0.1) is 18.8 Å². The molecule has 0 saturated carbocycles. The molecule has 1 saturated heterocycles. The highest BCUT2D eigenvalue weighted by Crippen LogP contribution is 2.22. The number of amides is 1. The summed E-state index contributed by atoms with van der Waals surface area (Å²) in [5.41, 5.74) is 0.776. The molecule has 0 bridgehead atoms. The van der Waals surface area contributed by atoms with Crippen molar-refractivity contribution in [2.45, 2.75) is 31.3 Å². The van der Waals surface area contributed by atoms with Crippen LogP contribution in [0, 0.1) is 5.82 Å². The highest BCUT2D eigenvalue weighted by atomic mass is 32.2. The average Bonchev–Trinajstić information content (AvgIpc) is 2.82. The van der Waals surface area contributed by atoms with E-state index in [2.05, 4.69) is 0 Å². The monoisotopic (exact) mass is 478 g/mol. The number of esters is 1. The smallest absolute Gasteiger partial charge is 0.338 e. The van der Waals surface area contributed by atoms with Gasteiger partial charge in [-0.3, -0.25) is 4.79 Å². The van der Waals surface area contributed by atoms with Crippen LogP contribution >= 0.6 is 0 Å². The third-order valence-corrected chi connectivity index (χ3v) is 7.13. The topological polar surface area (TPSA) is 93.2 Å². The average molecular weight is 479 g/mol. The Hall–Kier alpha value is -2.82. The van der Waals surface area contributed by atoms with Crippen molar-refractivity contribution < 1.29 is 31.9 Å². The lowest BCUT2D eigenvalue weighted by molar-refractivity contribution is -0.136. The molecule has 3 rings (SSSR count). The van der Waals surface area contributed by atoms with Gasteiger partial charge in [-0.25, -0.2) is 17.6 Å². The number of hydrogen-bond acceptors (Lipinski definition) is 6. The fraction of sp³-hybridized carbons (Fsp3) is 0.391.